The fraction of sp³-hybridized carbons (Fsp3) is 0.833. The van der Waals surface area contributed by atoms with Crippen molar-refractivity contribution in [3.8, 4) is 0 Å². The number of piperazine rings is 1. The van der Waals surface area contributed by atoms with E-state index in [-0.39, 0.29) is 11.8 Å². The van der Waals surface area contributed by atoms with Gasteiger partial charge in [-0.2, -0.15) is 0 Å². The molecule has 6 heteroatoms. The summed E-state index contributed by atoms with van der Waals surface area (Å²) in [5.74, 6) is -0.875. The average molecular weight is 262 g/mol. The van der Waals surface area contributed by atoms with Crippen molar-refractivity contribution in [2.45, 2.75) is 52.1 Å². The van der Waals surface area contributed by atoms with Crippen LogP contribution >= 0.6 is 0 Å². The zero-order chi connectivity index (χ0) is 14.1. The second-order valence-electron chi connectivity index (χ2n) is 5.24. The monoisotopic (exact) mass is 262 g/mol. The largest absolute Gasteiger partial charge is 0.342 e. The maximum atomic E-state index is 12.5. The molecule has 1 rings (SSSR count). The normalized spacial score (nSPS) is 25.3. The highest BCUT2D eigenvalue weighted by atomic mass is 19.3. The predicted octanol–water partition coefficient (Wildman–Crippen LogP) is 1.40. The first kappa shape index (κ1) is 14.9. The number of nitrogens with one attached hydrogen (secondary N) is 1. The van der Waals surface area contributed by atoms with Crippen molar-refractivity contribution in [1.82, 2.24) is 10.2 Å². The smallest absolute Gasteiger partial charge is 0.255 e. The van der Waals surface area contributed by atoms with Crippen LogP contribution in [0.3, 0.4) is 0 Å². The summed E-state index contributed by atoms with van der Waals surface area (Å²) in [6.07, 6.45) is -1.95. The zero-order valence-corrected chi connectivity index (χ0v) is 11.2. The van der Waals surface area contributed by atoms with Crippen molar-refractivity contribution >= 4 is 11.8 Å². The van der Waals surface area contributed by atoms with Gasteiger partial charge >= 0.3 is 0 Å². The maximum Gasteiger partial charge on any atom is 0.255 e. The van der Waals surface area contributed by atoms with Gasteiger partial charge in [0.2, 0.25) is 11.8 Å². The summed E-state index contributed by atoms with van der Waals surface area (Å²) in [6, 6.07) is -0.700. The molecule has 2 unspecified atom stereocenters. The molecule has 1 heterocycles. The fourth-order valence-corrected chi connectivity index (χ4v) is 2.02. The van der Waals surface area contributed by atoms with Gasteiger partial charge in [-0.1, -0.05) is 20.3 Å². The molecule has 1 aliphatic rings. The molecule has 0 aromatic rings. The van der Waals surface area contributed by atoms with E-state index in [2.05, 4.69) is 5.32 Å². The quantitative estimate of drug-likeness (QED) is 0.832. The van der Waals surface area contributed by atoms with Crippen molar-refractivity contribution < 1.29 is 18.4 Å². The van der Waals surface area contributed by atoms with Gasteiger partial charge < -0.3 is 10.2 Å². The zero-order valence-electron chi connectivity index (χ0n) is 11.2. The Morgan fingerprint density at radius 1 is 1.39 bits per heavy atom. The van der Waals surface area contributed by atoms with E-state index in [1.807, 2.05) is 13.8 Å². The summed E-state index contributed by atoms with van der Waals surface area (Å²) in [6.45, 7) is 5.97. The molecule has 1 aliphatic heterocycles. The summed E-state index contributed by atoms with van der Waals surface area (Å²) in [5, 5.41) is 2.64. The number of halogens is 2. The Morgan fingerprint density at radius 3 is 2.39 bits per heavy atom. The molecule has 0 radical (unpaired) electrons. The first-order valence-corrected chi connectivity index (χ1v) is 6.12. The Labute approximate surface area is 106 Å². The van der Waals surface area contributed by atoms with Gasteiger partial charge in [0.25, 0.3) is 6.43 Å². The fourth-order valence-electron chi connectivity index (χ4n) is 2.02. The average Bonchev–Trinajstić information content (AvgIpc) is 2.28. The van der Waals surface area contributed by atoms with Crippen molar-refractivity contribution in [2.75, 3.05) is 6.54 Å². The number of alkyl halides is 2. The molecular formula is C12H20F2N2O2. The molecule has 1 N–H and O–H groups in total. The summed E-state index contributed by atoms with van der Waals surface area (Å²) in [5.41, 5.74) is -1.22. The van der Waals surface area contributed by atoms with Gasteiger partial charge in [0.1, 0.15) is 11.6 Å². The standard InChI is InChI=1S/C12H20F2N2O2/c1-5-7(2)9-10(17)16(6-8(13)14)12(3,4)11(18)15-9/h7-9H,5-6H2,1-4H3,(H,15,18). The minimum atomic E-state index is -2.64. The van der Waals surface area contributed by atoms with Gasteiger partial charge in [0, 0.05) is 0 Å². The van der Waals surface area contributed by atoms with Crippen LogP contribution in [0.25, 0.3) is 0 Å². The highest BCUT2D eigenvalue weighted by molar-refractivity contribution is 5.99. The van der Waals surface area contributed by atoms with Crippen LogP contribution in [0, 0.1) is 5.92 Å². The lowest BCUT2D eigenvalue weighted by Crippen LogP contribution is -2.70. The van der Waals surface area contributed by atoms with Crippen molar-refractivity contribution in [1.29, 1.82) is 0 Å². The van der Waals surface area contributed by atoms with E-state index >= 15 is 0 Å². The lowest BCUT2D eigenvalue weighted by atomic mass is 9.89. The summed E-state index contributed by atoms with van der Waals surface area (Å²) >= 11 is 0. The molecule has 2 amide bonds. The Kier molecular flexibility index (Phi) is 4.29. The first-order valence-electron chi connectivity index (χ1n) is 6.12. The molecule has 0 saturated carbocycles. The lowest BCUT2D eigenvalue weighted by Gasteiger charge is -2.45. The van der Waals surface area contributed by atoms with Crippen LogP contribution in [-0.2, 0) is 9.59 Å². The number of amides is 2. The summed E-state index contributed by atoms with van der Waals surface area (Å²) < 4.78 is 25.1. The molecule has 18 heavy (non-hydrogen) atoms. The topological polar surface area (TPSA) is 49.4 Å². The van der Waals surface area contributed by atoms with Crippen LogP contribution in [0.4, 0.5) is 8.78 Å². The molecule has 4 nitrogen and oxygen atoms in total. The second-order valence-corrected chi connectivity index (χ2v) is 5.24. The van der Waals surface area contributed by atoms with Crippen molar-refractivity contribution in [3.63, 3.8) is 0 Å². The molecule has 0 aliphatic carbocycles. The lowest BCUT2D eigenvalue weighted by molar-refractivity contribution is -0.159. The molecule has 2 atom stereocenters. The molecule has 1 saturated heterocycles. The predicted molar refractivity (Wildman–Crippen MR) is 63.2 cm³/mol. The van der Waals surface area contributed by atoms with Gasteiger partial charge in [-0.05, 0) is 19.8 Å². The molecule has 104 valence electrons. The van der Waals surface area contributed by atoms with E-state index in [4.69, 9.17) is 0 Å². The van der Waals surface area contributed by atoms with Crippen LogP contribution in [0.2, 0.25) is 0 Å². The Balaban J connectivity index is 3.01. The molecular weight excluding hydrogens is 242 g/mol. The van der Waals surface area contributed by atoms with Crippen molar-refractivity contribution in [2.24, 2.45) is 5.92 Å². The Morgan fingerprint density at radius 2 is 1.94 bits per heavy atom. The summed E-state index contributed by atoms with van der Waals surface area (Å²) in [7, 11) is 0. The van der Waals surface area contributed by atoms with Crippen LogP contribution in [0.15, 0.2) is 0 Å². The number of hydrogen-bond acceptors (Lipinski definition) is 2. The molecule has 0 aromatic heterocycles. The number of carbonyl (C=O) groups excluding carboxylic acids is 2. The van der Waals surface area contributed by atoms with Crippen LogP contribution in [-0.4, -0.2) is 41.3 Å². The second kappa shape index (κ2) is 5.20. The van der Waals surface area contributed by atoms with Crippen LogP contribution in [0.1, 0.15) is 34.1 Å². The number of nitrogens with zero attached hydrogens (tertiary/aromatic N) is 1. The third kappa shape index (κ3) is 2.62. The van der Waals surface area contributed by atoms with E-state index in [0.29, 0.717) is 6.42 Å². The molecule has 1 fully saturated rings. The third-order valence-corrected chi connectivity index (χ3v) is 3.58. The maximum absolute atomic E-state index is 12.5. The Hall–Kier alpha value is -1.20. The molecule has 0 aromatic carbocycles. The number of carbonyl (C=O) groups is 2. The van der Waals surface area contributed by atoms with E-state index < -0.39 is 30.5 Å². The van der Waals surface area contributed by atoms with Gasteiger partial charge in [-0.25, -0.2) is 8.78 Å². The molecule has 0 bridgehead atoms. The number of hydrogen-bond donors (Lipinski definition) is 1. The van der Waals surface area contributed by atoms with E-state index in [1.54, 1.807) is 0 Å². The van der Waals surface area contributed by atoms with Gasteiger partial charge in [0.05, 0.1) is 6.54 Å². The minimum Gasteiger partial charge on any atom is -0.342 e. The van der Waals surface area contributed by atoms with Gasteiger partial charge in [0.15, 0.2) is 0 Å². The first-order chi connectivity index (χ1) is 8.21. The highest BCUT2D eigenvalue weighted by Gasteiger charge is 2.48. The third-order valence-electron chi connectivity index (χ3n) is 3.58. The van der Waals surface area contributed by atoms with Crippen LogP contribution < -0.4 is 5.32 Å². The molecule has 0 spiro atoms. The van der Waals surface area contributed by atoms with Gasteiger partial charge in [-0.3, -0.25) is 9.59 Å². The van der Waals surface area contributed by atoms with Crippen molar-refractivity contribution in [3.05, 3.63) is 0 Å². The summed E-state index contributed by atoms with van der Waals surface area (Å²) in [4.78, 5) is 25.1. The van der Waals surface area contributed by atoms with Crippen LogP contribution in [0.5, 0.6) is 0 Å². The highest BCUT2D eigenvalue weighted by Crippen LogP contribution is 2.25. The van der Waals surface area contributed by atoms with E-state index in [0.717, 1.165) is 4.90 Å². The Bertz CT molecular complexity index is 345. The van der Waals surface area contributed by atoms with E-state index in [9.17, 15) is 18.4 Å². The van der Waals surface area contributed by atoms with Gasteiger partial charge in [-0.15, -0.1) is 0 Å². The number of rotatable bonds is 4. The van der Waals surface area contributed by atoms with E-state index in [1.165, 1.54) is 13.8 Å². The SMILES string of the molecule is CCC(C)C1NC(=O)C(C)(C)N(CC(F)F)C1=O. The minimum absolute atomic E-state index is 0.0716.